The zero-order valence-electron chi connectivity index (χ0n) is 13.8. The number of hydrogen-bond acceptors (Lipinski definition) is 4. The highest BCUT2D eigenvalue weighted by atomic mass is 16.4. The number of carboxylic acid groups (broad SMARTS) is 1. The molecular weight excluding hydrogens is 302 g/mol. The fourth-order valence-electron chi connectivity index (χ4n) is 2.67. The molecule has 0 aromatic heterocycles. The van der Waals surface area contributed by atoms with Gasteiger partial charge >= 0.3 is 5.97 Å². The van der Waals surface area contributed by atoms with Crippen LogP contribution in [0.4, 0.5) is 0 Å². The van der Waals surface area contributed by atoms with Crippen LogP contribution in [0.15, 0.2) is 0 Å². The zero-order valence-corrected chi connectivity index (χ0v) is 13.8. The van der Waals surface area contributed by atoms with Gasteiger partial charge in [0.05, 0.1) is 0 Å². The molecule has 1 aliphatic rings. The number of nitrogens with zero attached hydrogens (tertiary/aromatic N) is 1. The summed E-state index contributed by atoms with van der Waals surface area (Å²) in [6, 6.07) is -1.37. The predicted molar refractivity (Wildman–Crippen MR) is 82.4 cm³/mol. The van der Waals surface area contributed by atoms with Gasteiger partial charge in [0.1, 0.15) is 18.6 Å². The number of carboxylic acids is 1. The van der Waals surface area contributed by atoms with Gasteiger partial charge in [-0.05, 0) is 25.2 Å². The molecule has 8 heteroatoms. The minimum absolute atomic E-state index is 0.142. The normalized spacial score (nSPS) is 18.6. The average Bonchev–Trinajstić information content (AvgIpc) is 2.93. The standard InChI is InChI=1S/C15H25N3O5/c1-9(2)7-11(14(22)16-8-13(20)21)17-15(23)12-5-4-6-18(12)10(3)19/h9,11-12H,4-8H2,1-3H3,(H,16,22)(H,17,23)(H,20,21)/t11-,12-/m0/s1. The topological polar surface area (TPSA) is 116 Å². The summed E-state index contributed by atoms with van der Waals surface area (Å²) in [7, 11) is 0. The largest absolute Gasteiger partial charge is 0.480 e. The summed E-state index contributed by atoms with van der Waals surface area (Å²) in [5, 5.41) is 13.6. The Morgan fingerprint density at radius 1 is 1.26 bits per heavy atom. The molecule has 0 aromatic carbocycles. The predicted octanol–water partition coefficient (Wildman–Crippen LogP) is -0.271. The van der Waals surface area contributed by atoms with Gasteiger partial charge in [0, 0.05) is 13.5 Å². The number of hydrogen-bond donors (Lipinski definition) is 3. The van der Waals surface area contributed by atoms with Gasteiger partial charge < -0.3 is 20.6 Å². The van der Waals surface area contributed by atoms with Crippen molar-refractivity contribution in [3.63, 3.8) is 0 Å². The van der Waals surface area contributed by atoms with E-state index in [1.165, 1.54) is 11.8 Å². The van der Waals surface area contributed by atoms with Crippen molar-refractivity contribution in [2.24, 2.45) is 5.92 Å². The fourth-order valence-corrected chi connectivity index (χ4v) is 2.67. The third-order valence-electron chi connectivity index (χ3n) is 3.71. The van der Waals surface area contributed by atoms with Crippen molar-refractivity contribution in [3.8, 4) is 0 Å². The van der Waals surface area contributed by atoms with E-state index in [2.05, 4.69) is 10.6 Å². The maximum Gasteiger partial charge on any atom is 0.322 e. The van der Waals surface area contributed by atoms with E-state index in [0.717, 1.165) is 6.42 Å². The van der Waals surface area contributed by atoms with Crippen LogP contribution >= 0.6 is 0 Å². The van der Waals surface area contributed by atoms with Gasteiger partial charge in [0.2, 0.25) is 17.7 Å². The second kappa shape index (κ2) is 8.50. The summed E-state index contributed by atoms with van der Waals surface area (Å²) in [6.07, 6.45) is 1.71. The molecule has 0 saturated carbocycles. The van der Waals surface area contributed by atoms with Crippen molar-refractivity contribution >= 4 is 23.7 Å². The van der Waals surface area contributed by atoms with E-state index in [1.807, 2.05) is 13.8 Å². The van der Waals surface area contributed by atoms with Crippen molar-refractivity contribution < 1.29 is 24.3 Å². The van der Waals surface area contributed by atoms with Crippen LogP contribution in [0.1, 0.15) is 40.0 Å². The van der Waals surface area contributed by atoms with Gasteiger partial charge in [-0.15, -0.1) is 0 Å². The van der Waals surface area contributed by atoms with E-state index in [4.69, 9.17) is 5.11 Å². The third-order valence-corrected chi connectivity index (χ3v) is 3.71. The van der Waals surface area contributed by atoms with E-state index in [-0.39, 0.29) is 17.7 Å². The van der Waals surface area contributed by atoms with Gasteiger partial charge in [0.25, 0.3) is 0 Å². The Morgan fingerprint density at radius 2 is 1.91 bits per heavy atom. The number of likely N-dealkylation sites (tertiary alicyclic amines) is 1. The summed E-state index contributed by atoms with van der Waals surface area (Å²) in [4.78, 5) is 48.1. The van der Waals surface area contributed by atoms with E-state index in [0.29, 0.717) is 19.4 Å². The van der Waals surface area contributed by atoms with Gasteiger partial charge in [-0.25, -0.2) is 0 Å². The number of aliphatic carboxylic acids is 1. The van der Waals surface area contributed by atoms with Gasteiger partial charge in [-0.3, -0.25) is 19.2 Å². The third kappa shape index (κ3) is 5.88. The molecule has 0 radical (unpaired) electrons. The Hall–Kier alpha value is -2.12. The van der Waals surface area contributed by atoms with Crippen LogP contribution in [0.3, 0.4) is 0 Å². The zero-order chi connectivity index (χ0) is 17.6. The lowest BCUT2D eigenvalue weighted by atomic mass is 10.0. The quantitative estimate of drug-likeness (QED) is 0.595. The summed E-state index contributed by atoms with van der Waals surface area (Å²) < 4.78 is 0. The Morgan fingerprint density at radius 3 is 2.43 bits per heavy atom. The molecule has 0 aliphatic carbocycles. The van der Waals surface area contributed by atoms with Gasteiger partial charge in [-0.2, -0.15) is 0 Å². The van der Waals surface area contributed by atoms with Crippen LogP contribution in [0, 0.1) is 5.92 Å². The summed E-state index contributed by atoms with van der Waals surface area (Å²) in [5.74, 6) is -2.07. The van der Waals surface area contributed by atoms with Crippen LogP contribution in [-0.4, -0.2) is 58.9 Å². The maximum absolute atomic E-state index is 12.4. The number of nitrogens with one attached hydrogen (secondary N) is 2. The molecule has 1 rings (SSSR count). The molecule has 2 atom stereocenters. The monoisotopic (exact) mass is 327 g/mol. The smallest absolute Gasteiger partial charge is 0.322 e. The molecule has 3 N–H and O–H groups in total. The highest BCUT2D eigenvalue weighted by Gasteiger charge is 2.34. The number of carbonyl (C=O) groups is 4. The molecule has 0 aromatic rings. The first-order valence-corrected chi connectivity index (χ1v) is 7.79. The molecule has 23 heavy (non-hydrogen) atoms. The molecular formula is C15H25N3O5. The number of carbonyl (C=O) groups excluding carboxylic acids is 3. The summed E-state index contributed by atoms with van der Waals surface area (Å²) >= 11 is 0. The second-order valence-corrected chi connectivity index (χ2v) is 6.17. The van der Waals surface area contributed by atoms with Crippen LogP contribution in [-0.2, 0) is 19.2 Å². The lowest BCUT2D eigenvalue weighted by Gasteiger charge is -2.26. The van der Waals surface area contributed by atoms with E-state index in [9.17, 15) is 19.2 Å². The van der Waals surface area contributed by atoms with Crippen LogP contribution in [0.5, 0.6) is 0 Å². The molecule has 130 valence electrons. The van der Waals surface area contributed by atoms with Crippen molar-refractivity contribution in [2.75, 3.05) is 13.1 Å². The SMILES string of the molecule is CC(=O)N1CCC[C@H]1C(=O)N[C@@H](CC(C)C)C(=O)NCC(=O)O. The van der Waals surface area contributed by atoms with Gasteiger partial charge in [-0.1, -0.05) is 13.8 Å². The lowest BCUT2D eigenvalue weighted by molar-refractivity contribution is -0.140. The number of amides is 3. The van der Waals surface area contributed by atoms with E-state index >= 15 is 0 Å². The minimum atomic E-state index is -1.15. The molecule has 1 fully saturated rings. The first kappa shape index (κ1) is 18.9. The van der Waals surface area contributed by atoms with Crippen molar-refractivity contribution in [3.05, 3.63) is 0 Å². The Balaban J connectivity index is 2.71. The van der Waals surface area contributed by atoms with Crippen molar-refractivity contribution in [1.82, 2.24) is 15.5 Å². The molecule has 1 aliphatic heterocycles. The Kier molecular flexibility index (Phi) is 6.99. The molecule has 1 saturated heterocycles. The molecule has 0 unspecified atom stereocenters. The van der Waals surface area contributed by atoms with Crippen molar-refractivity contribution in [2.45, 2.75) is 52.1 Å². The maximum atomic E-state index is 12.4. The van der Waals surface area contributed by atoms with E-state index < -0.39 is 30.5 Å². The van der Waals surface area contributed by atoms with Gasteiger partial charge in [0.15, 0.2) is 0 Å². The first-order chi connectivity index (χ1) is 10.7. The second-order valence-electron chi connectivity index (χ2n) is 6.17. The van der Waals surface area contributed by atoms with Crippen LogP contribution in [0.25, 0.3) is 0 Å². The van der Waals surface area contributed by atoms with Crippen LogP contribution in [0.2, 0.25) is 0 Å². The average molecular weight is 327 g/mol. The highest BCUT2D eigenvalue weighted by molar-refractivity contribution is 5.92. The fraction of sp³-hybridized carbons (Fsp3) is 0.733. The molecule has 1 heterocycles. The number of rotatable bonds is 7. The lowest BCUT2D eigenvalue weighted by Crippen LogP contribution is -2.53. The Bertz CT molecular complexity index is 478. The molecule has 3 amide bonds. The minimum Gasteiger partial charge on any atom is -0.480 e. The van der Waals surface area contributed by atoms with E-state index in [1.54, 1.807) is 0 Å². The highest BCUT2D eigenvalue weighted by Crippen LogP contribution is 2.18. The first-order valence-electron chi connectivity index (χ1n) is 7.79. The van der Waals surface area contributed by atoms with Crippen molar-refractivity contribution in [1.29, 1.82) is 0 Å². The molecule has 0 bridgehead atoms. The Labute approximate surface area is 135 Å². The summed E-state index contributed by atoms with van der Waals surface area (Å²) in [6.45, 7) is 5.26. The molecule has 8 nitrogen and oxygen atoms in total. The summed E-state index contributed by atoms with van der Waals surface area (Å²) in [5.41, 5.74) is 0. The molecule has 0 spiro atoms. The van der Waals surface area contributed by atoms with Crippen LogP contribution < -0.4 is 10.6 Å².